The van der Waals surface area contributed by atoms with Gasteiger partial charge in [0.2, 0.25) is 5.88 Å². The molecule has 0 aromatic carbocycles. The van der Waals surface area contributed by atoms with E-state index in [9.17, 15) is 18.7 Å². The minimum atomic E-state index is -2.98. The third kappa shape index (κ3) is 4.36. The Bertz CT molecular complexity index is 902. The van der Waals surface area contributed by atoms with E-state index in [1.807, 2.05) is 0 Å². The van der Waals surface area contributed by atoms with Gasteiger partial charge in [-0.2, -0.15) is 8.78 Å². The van der Waals surface area contributed by atoms with E-state index in [1.165, 1.54) is 16.8 Å². The monoisotopic (exact) mass is 400 g/mol. The molecule has 0 spiro atoms. The number of nitrogens with zero attached hydrogens (tertiary/aromatic N) is 3. The summed E-state index contributed by atoms with van der Waals surface area (Å²) < 4.78 is 30.6. The zero-order valence-corrected chi connectivity index (χ0v) is 15.5. The Morgan fingerprint density at radius 1 is 1.41 bits per heavy atom. The Labute approximate surface area is 159 Å². The van der Waals surface area contributed by atoms with Gasteiger partial charge in [-0.1, -0.05) is 11.6 Å². The molecule has 1 aliphatic carbocycles. The van der Waals surface area contributed by atoms with Crippen molar-refractivity contribution in [2.75, 3.05) is 11.9 Å². The van der Waals surface area contributed by atoms with Crippen LogP contribution in [0.5, 0.6) is 5.88 Å². The SMILES string of the molecule is Cc1cc(Nc2nc(Cl)cn(C(CO)C3CC3)c2=O)c(C)nc1OC(F)F. The summed E-state index contributed by atoms with van der Waals surface area (Å²) in [5.41, 5.74) is 0.705. The number of pyridine rings is 1. The maximum absolute atomic E-state index is 12.8. The summed E-state index contributed by atoms with van der Waals surface area (Å²) in [7, 11) is 0. The van der Waals surface area contributed by atoms with Gasteiger partial charge in [-0.3, -0.25) is 4.79 Å². The third-order valence-corrected chi connectivity index (χ3v) is 4.60. The number of anilines is 2. The van der Waals surface area contributed by atoms with E-state index in [0.29, 0.717) is 16.9 Å². The van der Waals surface area contributed by atoms with Crippen LogP contribution in [0.25, 0.3) is 0 Å². The molecule has 1 aliphatic rings. The number of halogens is 3. The van der Waals surface area contributed by atoms with Crippen LogP contribution in [0.1, 0.15) is 30.1 Å². The van der Waals surface area contributed by atoms with E-state index < -0.39 is 12.2 Å². The summed E-state index contributed by atoms with van der Waals surface area (Å²) in [5.74, 6) is 0.0162. The average Bonchev–Trinajstić information content (AvgIpc) is 3.41. The maximum Gasteiger partial charge on any atom is 0.388 e. The van der Waals surface area contributed by atoms with Gasteiger partial charge in [0.05, 0.1) is 24.0 Å². The molecule has 27 heavy (non-hydrogen) atoms. The molecule has 2 aromatic heterocycles. The minimum absolute atomic E-state index is 0.0339. The van der Waals surface area contributed by atoms with Crippen LogP contribution >= 0.6 is 11.6 Å². The number of aliphatic hydroxyl groups excluding tert-OH is 1. The number of alkyl halides is 2. The molecule has 2 aromatic rings. The van der Waals surface area contributed by atoms with Crippen LogP contribution in [-0.4, -0.2) is 32.9 Å². The van der Waals surface area contributed by atoms with Gasteiger partial charge in [-0.25, -0.2) is 9.97 Å². The zero-order valence-electron chi connectivity index (χ0n) is 14.7. The van der Waals surface area contributed by atoms with Gasteiger partial charge in [0.25, 0.3) is 5.56 Å². The number of nitrogens with one attached hydrogen (secondary N) is 1. The Morgan fingerprint density at radius 2 is 2.11 bits per heavy atom. The molecule has 2 N–H and O–H groups in total. The lowest BCUT2D eigenvalue weighted by atomic mass is 10.2. The number of aliphatic hydroxyl groups is 1. The van der Waals surface area contributed by atoms with Crippen LogP contribution in [0.15, 0.2) is 17.1 Å². The summed E-state index contributed by atoms with van der Waals surface area (Å²) in [6, 6.07) is 1.18. The highest BCUT2D eigenvalue weighted by molar-refractivity contribution is 6.29. The van der Waals surface area contributed by atoms with Crippen LogP contribution in [0, 0.1) is 19.8 Å². The van der Waals surface area contributed by atoms with Crippen molar-refractivity contribution in [2.24, 2.45) is 5.92 Å². The fraction of sp³-hybridized carbons (Fsp3) is 0.471. The molecular formula is C17H19ClF2N4O3. The summed E-state index contributed by atoms with van der Waals surface area (Å²) in [6.45, 7) is -0.00400. The van der Waals surface area contributed by atoms with Gasteiger partial charge in [-0.15, -0.1) is 0 Å². The fourth-order valence-corrected chi connectivity index (χ4v) is 3.08. The van der Waals surface area contributed by atoms with Crippen molar-refractivity contribution in [3.05, 3.63) is 39.0 Å². The zero-order chi connectivity index (χ0) is 19.7. The van der Waals surface area contributed by atoms with Crippen LogP contribution < -0.4 is 15.6 Å². The Kier molecular flexibility index (Phi) is 5.61. The first-order valence-electron chi connectivity index (χ1n) is 8.39. The molecule has 1 atom stereocenters. The molecule has 0 bridgehead atoms. The third-order valence-electron chi connectivity index (χ3n) is 4.42. The van der Waals surface area contributed by atoms with Gasteiger partial charge in [0.15, 0.2) is 5.82 Å². The number of ether oxygens (including phenoxy) is 1. The normalized spacial score (nSPS) is 15.1. The van der Waals surface area contributed by atoms with Gasteiger partial charge in [-0.05, 0) is 38.7 Å². The molecule has 0 aliphatic heterocycles. The minimum Gasteiger partial charge on any atom is -0.417 e. The van der Waals surface area contributed by atoms with Crippen molar-refractivity contribution >= 4 is 23.1 Å². The molecule has 0 saturated heterocycles. The first kappa shape index (κ1) is 19.5. The van der Waals surface area contributed by atoms with E-state index in [-0.39, 0.29) is 35.4 Å². The largest absolute Gasteiger partial charge is 0.417 e. The highest BCUT2D eigenvalue weighted by atomic mass is 35.5. The molecule has 1 fully saturated rings. The smallest absolute Gasteiger partial charge is 0.388 e. The molecule has 0 amide bonds. The maximum atomic E-state index is 12.8. The van der Waals surface area contributed by atoms with Crippen LogP contribution in [0.2, 0.25) is 5.15 Å². The lowest BCUT2D eigenvalue weighted by molar-refractivity contribution is -0.0533. The van der Waals surface area contributed by atoms with Crippen LogP contribution in [-0.2, 0) is 0 Å². The molecule has 1 saturated carbocycles. The summed E-state index contributed by atoms with van der Waals surface area (Å²) >= 11 is 6.06. The van der Waals surface area contributed by atoms with Gasteiger partial charge in [0, 0.05) is 11.8 Å². The van der Waals surface area contributed by atoms with Crippen LogP contribution in [0.3, 0.4) is 0 Å². The number of hydrogen-bond acceptors (Lipinski definition) is 6. The number of aryl methyl sites for hydroxylation is 2. The summed E-state index contributed by atoms with van der Waals surface area (Å²) in [6.07, 6.45) is 3.28. The van der Waals surface area contributed by atoms with E-state index >= 15 is 0 Å². The average molecular weight is 401 g/mol. The molecule has 10 heteroatoms. The van der Waals surface area contributed by atoms with Crippen molar-refractivity contribution in [1.29, 1.82) is 0 Å². The van der Waals surface area contributed by atoms with E-state index in [1.54, 1.807) is 13.8 Å². The van der Waals surface area contributed by atoms with E-state index in [4.69, 9.17) is 11.6 Å². The van der Waals surface area contributed by atoms with Crippen LogP contribution in [0.4, 0.5) is 20.3 Å². The van der Waals surface area contributed by atoms with Crippen molar-refractivity contribution in [1.82, 2.24) is 14.5 Å². The Morgan fingerprint density at radius 3 is 2.70 bits per heavy atom. The number of rotatable bonds is 7. The molecule has 146 valence electrons. The van der Waals surface area contributed by atoms with Crippen molar-refractivity contribution in [3.8, 4) is 5.88 Å². The second-order valence-corrected chi connectivity index (χ2v) is 6.85. The highest BCUT2D eigenvalue weighted by Crippen LogP contribution is 2.39. The topological polar surface area (TPSA) is 89.3 Å². The predicted molar refractivity (Wildman–Crippen MR) is 96.0 cm³/mol. The molecule has 7 nitrogen and oxygen atoms in total. The molecular weight excluding hydrogens is 382 g/mol. The first-order valence-corrected chi connectivity index (χ1v) is 8.77. The quantitative estimate of drug-likeness (QED) is 0.742. The summed E-state index contributed by atoms with van der Waals surface area (Å²) in [4.78, 5) is 20.8. The predicted octanol–water partition coefficient (Wildman–Crippen LogP) is 3.20. The number of aromatic nitrogens is 3. The van der Waals surface area contributed by atoms with E-state index in [2.05, 4.69) is 20.0 Å². The Hall–Kier alpha value is -2.26. The fourth-order valence-electron chi connectivity index (χ4n) is 2.89. The van der Waals surface area contributed by atoms with Crippen molar-refractivity contribution in [2.45, 2.75) is 39.3 Å². The van der Waals surface area contributed by atoms with Gasteiger partial charge < -0.3 is 19.7 Å². The van der Waals surface area contributed by atoms with Gasteiger partial charge >= 0.3 is 6.61 Å². The van der Waals surface area contributed by atoms with Gasteiger partial charge in [0.1, 0.15) is 5.15 Å². The van der Waals surface area contributed by atoms with Crippen molar-refractivity contribution in [3.63, 3.8) is 0 Å². The summed E-state index contributed by atoms with van der Waals surface area (Å²) in [5, 5.41) is 12.6. The first-order chi connectivity index (χ1) is 12.8. The molecule has 1 unspecified atom stereocenters. The Balaban J connectivity index is 1.95. The lowest BCUT2D eigenvalue weighted by Gasteiger charge is -2.19. The lowest BCUT2D eigenvalue weighted by Crippen LogP contribution is -2.30. The van der Waals surface area contributed by atoms with E-state index in [0.717, 1.165) is 12.8 Å². The van der Waals surface area contributed by atoms with Crippen molar-refractivity contribution < 1.29 is 18.6 Å². The standard InChI is InChI=1S/C17H19ClF2N4O3/c1-8-5-11(9(2)21-15(8)27-17(19)20)22-14-16(26)24(6-13(18)23-14)12(7-25)10-3-4-10/h5-6,10,12,17,25H,3-4,7H2,1-2H3,(H,22,23). The highest BCUT2D eigenvalue weighted by Gasteiger charge is 2.33. The second kappa shape index (κ2) is 7.77. The molecule has 2 heterocycles. The molecule has 0 radical (unpaired) electrons. The second-order valence-electron chi connectivity index (χ2n) is 6.46. The molecule has 3 rings (SSSR count). The number of hydrogen-bond donors (Lipinski definition) is 2.